The molecule has 110 valence electrons. The number of rotatable bonds is 3. The smallest absolute Gasteiger partial charge is 0.119 e. The van der Waals surface area contributed by atoms with Crippen LogP contribution in [0.5, 0.6) is 5.75 Å². The Morgan fingerprint density at radius 1 is 1.00 bits per heavy atom. The molecule has 1 aromatic carbocycles. The van der Waals surface area contributed by atoms with Crippen molar-refractivity contribution in [3.8, 4) is 5.75 Å². The van der Waals surface area contributed by atoms with Crippen LogP contribution in [0.4, 0.5) is 5.69 Å². The Hall–Kier alpha value is -1.22. The molecule has 3 nitrogen and oxygen atoms in total. The van der Waals surface area contributed by atoms with Gasteiger partial charge in [-0.2, -0.15) is 0 Å². The van der Waals surface area contributed by atoms with Crippen molar-refractivity contribution >= 4 is 5.69 Å². The van der Waals surface area contributed by atoms with E-state index in [2.05, 4.69) is 16.7 Å². The van der Waals surface area contributed by atoms with E-state index < -0.39 is 0 Å². The molecule has 0 spiro atoms. The van der Waals surface area contributed by atoms with Gasteiger partial charge in [-0.25, -0.2) is 0 Å². The topological polar surface area (TPSA) is 44.3 Å². The summed E-state index contributed by atoms with van der Waals surface area (Å²) in [6.07, 6.45) is 8.77. The minimum absolute atomic E-state index is 0.479. The highest BCUT2D eigenvalue weighted by Crippen LogP contribution is 2.38. The number of phenols is 1. The Balaban J connectivity index is 1.71. The van der Waals surface area contributed by atoms with Gasteiger partial charge in [0.2, 0.25) is 0 Å². The summed E-state index contributed by atoms with van der Waals surface area (Å²) >= 11 is 0. The van der Waals surface area contributed by atoms with E-state index in [0.717, 1.165) is 18.7 Å². The highest BCUT2D eigenvalue weighted by atomic mass is 16.3. The fourth-order valence-electron chi connectivity index (χ4n) is 3.59. The lowest BCUT2D eigenvalue weighted by atomic mass is 9.83. The Kier molecular flexibility index (Phi) is 4.46. The summed E-state index contributed by atoms with van der Waals surface area (Å²) < 4.78 is 0. The second-order valence-electron chi connectivity index (χ2n) is 6.28. The van der Waals surface area contributed by atoms with E-state index in [1.807, 2.05) is 12.1 Å². The third-order valence-corrected chi connectivity index (χ3v) is 4.78. The quantitative estimate of drug-likeness (QED) is 0.738. The van der Waals surface area contributed by atoms with Gasteiger partial charge in [0.15, 0.2) is 0 Å². The first kappa shape index (κ1) is 13.7. The van der Waals surface area contributed by atoms with Gasteiger partial charge in [-0.15, -0.1) is 0 Å². The average Bonchev–Trinajstić information content (AvgIpc) is 2.51. The molecule has 3 heteroatoms. The van der Waals surface area contributed by atoms with E-state index in [0.29, 0.717) is 17.7 Å². The summed E-state index contributed by atoms with van der Waals surface area (Å²) in [5, 5.41) is 17.2. The highest BCUT2D eigenvalue weighted by Gasteiger charge is 2.19. The predicted octanol–water partition coefficient (Wildman–Crippen LogP) is 3.60. The Labute approximate surface area is 121 Å². The van der Waals surface area contributed by atoms with Gasteiger partial charge in [0.25, 0.3) is 0 Å². The molecule has 20 heavy (non-hydrogen) atoms. The molecule has 0 aromatic heterocycles. The van der Waals surface area contributed by atoms with E-state index in [4.69, 9.17) is 0 Å². The number of nitrogens with one attached hydrogen (secondary N) is 2. The van der Waals surface area contributed by atoms with Crippen LogP contribution in [0.25, 0.3) is 0 Å². The minimum Gasteiger partial charge on any atom is -0.508 e. The Morgan fingerprint density at radius 3 is 2.50 bits per heavy atom. The second-order valence-corrected chi connectivity index (χ2v) is 6.28. The molecule has 1 aliphatic heterocycles. The molecule has 3 N–H and O–H groups in total. The van der Waals surface area contributed by atoms with E-state index in [1.165, 1.54) is 50.6 Å². The number of piperidine rings is 1. The summed E-state index contributed by atoms with van der Waals surface area (Å²) in [7, 11) is 0. The van der Waals surface area contributed by atoms with Crippen LogP contribution in [0.1, 0.15) is 56.4 Å². The Morgan fingerprint density at radius 2 is 1.75 bits per heavy atom. The molecule has 1 aliphatic carbocycles. The Bertz CT molecular complexity index is 435. The zero-order chi connectivity index (χ0) is 13.8. The van der Waals surface area contributed by atoms with Crippen molar-refractivity contribution in [1.82, 2.24) is 5.32 Å². The highest BCUT2D eigenvalue weighted by molar-refractivity contribution is 5.52. The maximum absolute atomic E-state index is 10.2. The van der Waals surface area contributed by atoms with Crippen molar-refractivity contribution in [2.75, 3.05) is 18.4 Å². The lowest BCUT2D eigenvalue weighted by molar-refractivity contribution is 0.414. The fraction of sp³-hybridized carbons (Fsp3) is 0.647. The molecule has 1 saturated carbocycles. The average molecular weight is 274 g/mol. The first-order chi connectivity index (χ1) is 9.83. The summed E-state index contributed by atoms with van der Waals surface area (Å²) in [5.41, 5.74) is 2.33. The van der Waals surface area contributed by atoms with Crippen LogP contribution in [0.2, 0.25) is 0 Å². The van der Waals surface area contributed by atoms with Crippen LogP contribution in [0, 0.1) is 0 Å². The van der Waals surface area contributed by atoms with Crippen molar-refractivity contribution < 1.29 is 5.11 Å². The van der Waals surface area contributed by atoms with Gasteiger partial charge in [-0.3, -0.25) is 0 Å². The van der Waals surface area contributed by atoms with E-state index in [9.17, 15) is 5.11 Å². The summed E-state index contributed by atoms with van der Waals surface area (Å²) in [4.78, 5) is 0. The second kappa shape index (κ2) is 6.49. The molecular weight excluding hydrogens is 248 g/mol. The van der Waals surface area contributed by atoms with Crippen molar-refractivity contribution in [2.24, 2.45) is 0 Å². The molecule has 0 bridgehead atoms. The standard InChI is InChI=1S/C17H26N2O/c20-17-7-6-15(19-14-8-10-18-11-9-14)12-16(17)13-4-2-1-3-5-13/h6-7,12-14,18-20H,1-5,8-11H2. The molecule has 0 radical (unpaired) electrons. The molecule has 0 atom stereocenters. The number of hydrogen-bond donors (Lipinski definition) is 3. The lowest BCUT2D eigenvalue weighted by Gasteiger charge is -2.26. The van der Waals surface area contributed by atoms with Gasteiger partial charge >= 0.3 is 0 Å². The summed E-state index contributed by atoms with van der Waals surface area (Å²) in [6, 6.07) is 6.64. The normalized spacial score (nSPS) is 21.8. The molecule has 2 aliphatic rings. The van der Waals surface area contributed by atoms with Crippen LogP contribution < -0.4 is 10.6 Å². The van der Waals surface area contributed by atoms with E-state index in [-0.39, 0.29) is 0 Å². The third-order valence-electron chi connectivity index (χ3n) is 4.78. The van der Waals surface area contributed by atoms with Crippen molar-refractivity contribution in [3.63, 3.8) is 0 Å². The van der Waals surface area contributed by atoms with Crippen LogP contribution in [-0.4, -0.2) is 24.2 Å². The zero-order valence-electron chi connectivity index (χ0n) is 12.2. The van der Waals surface area contributed by atoms with Gasteiger partial charge in [-0.1, -0.05) is 19.3 Å². The van der Waals surface area contributed by atoms with Gasteiger partial charge in [0, 0.05) is 11.7 Å². The van der Waals surface area contributed by atoms with Gasteiger partial charge in [-0.05, 0) is 68.5 Å². The summed E-state index contributed by atoms with van der Waals surface area (Å²) in [5.74, 6) is 1.03. The van der Waals surface area contributed by atoms with Crippen LogP contribution in [0.3, 0.4) is 0 Å². The molecule has 0 amide bonds. The minimum atomic E-state index is 0.479. The first-order valence-corrected chi connectivity index (χ1v) is 8.13. The maximum atomic E-state index is 10.2. The predicted molar refractivity (Wildman–Crippen MR) is 83.4 cm³/mol. The number of benzene rings is 1. The number of aromatic hydroxyl groups is 1. The van der Waals surface area contributed by atoms with Crippen LogP contribution in [0.15, 0.2) is 18.2 Å². The van der Waals surface area contributed by atoms with Gasteiger partial charge in [0.1, 0.15) is 5.75 Å². The van der Waals surface area contributed by atoms with E-state index in [1.54, 1.807) is 0 Å². The van der Waals surface area contributed by atoms with Gasteiger partial charge < -0.3 is 15.7 Å². The maximum Gasteiger partial charge on any atom is 0.119 e. The fourth-order valence-corrected chi connectivity index (χ4v) is 3.59. The van der Waals surface area contributed by atoms with Crippen LogP contribution >= 0.6 is 0 Å². The largest absolute Gasteiger partial charge is 0.508 e. The monoisotopic (exact) mass is 274 g/mol. The van der Waals surface area contributed by atoms with Crippen LogP contribution in [-0.2, 0) is 0 Å². The molecule has 3 rings (SSSR count). The molecule has 1 heterocycles. The molecule has 1 aromatic rings. The third kappa shape index (κ3) is 3.26. The zero-order valence-corrected chi connectivity index (χ0v) is 12.2. The molecule has 0 unspecified atom stereocenters. The molecular formula is C17H26N2O. The number of phenolic OH excluding ortho intramolecular Hbond substituents is 1. The molecule has 1 saturated heterocycles. The summed E-state index contributed by atoms with van der Waals surface area (Å²) in [6.45, 7) is 2.20. The SMILES string of the molecule is Oc1ccc(NC2CCNCC2)cc1C1CCCCC1. The first-order valence-electron chi connectivity index (χ1n) is 8.13. The number of hydrogen-bond acceptors (Lipinski definition) is 3. The van der Waals surface area contributed by atoms with Gasteiger partial charge in [0.05, 0.1) is 0 Å². The number of anilines is 1. The van der Waals surface area contributed by atoms with Crippen molar-refractivity contribution in [1.29, 1.82) is 0 Å². The lowest BCUT2D eigenvalue weighted by Crippen LogP contribution is -2.35. The van der Waals surface area contributed by atoms with Crippen molar-refractivity contribution in [3.05, 3.63) is 23.8 Å². The van der Waals surface area contributed by atoms with E-state index >= 15 is 0 Å². The molecule has 2 fully saturated rings. The van der Waals surface area contributed by atoms with Crippen molar-refractivity contribution in [2.45, 2.75) is 56.9 Å².